The predicted molar refractivity (Wildman–Crippen MR) is 98.9 cm³/mol. The van der Waals surface area contributed by atoms with Gasteiger partial charge in [-0.25, -0.2) is 4.39 Å². The van der Waals surface area contributed by atoms with E-state index in [1.165, 1.54) is 32.1 Å². The van der Waals surface area contributed by atoms with Crippen molar-refractivity contribution in [3.05, 3.63) is 0 Å². The van der Waals surface area contributed by atoms with E-state index in [9.17, 15) is 4.79 Å². The Labute approximate surface area is 154 Å². The molecule has 0 aromatic rings. The summed E-state index contributed by atoms with van der Waals surface area (Å²) < 4.78 is 15.2. The lowest BCUT2D eigenvalue weighted by atomic mass is 9.44. The largest absolute Gasteiger partial charge is 0.298 e. The van der Waals surface area contributed by atoms with Crippen LogP contribution in [0.1, 0.15) is 72.1 Å². The van der Waals surface area contributed by atoms with Crippen molar-refractivity contribution in [1.29, 1.82) is 0 Å². The fourth-order valence-electron chi connectivity index (χ4n) is 7.84. The van der Waals surface area contributed by atoms with Crippen molar-refractivity contribution in [2.75, 3.05) is 0 Å². The van der Waals surface area contributed by atoms with Gasteiger partial charge < -0.3 is 0 Å². The molecule has 1 nitrogen and oxygen atoms in total. The van der Waals surface area contributed by atoms with Crippen LogP contribution in [-0.4, -0.2) is 16.8 Å². The Morgan fingerprint density at radius 3 is 2.54 bits per heavy atom. The molecule has 0 aromatic carbocycles. The Bertz CT molecular complexity index is 536. The fraction of sp³-hybridized carbons (Fsp3) is 0.952. The summed E-state index contributed by atoms with van der Waals surface area (Å²) in [4.78, 5) is 12.1. The van der Waals surface area contributed by atoms with Crippen molar-refractivity contribution in [3.8, 4) is 0 Å². The molecule has 3 unspecified atom stereocenters. The Balaban J connectivity index is 1.67. The van der Waals surface area contributed by atoms with Gasteiger partial charge in [-0.2, -0.15) is 0 Å². The standard InChI is InChI=1S/C21H32BrFO/c1-4-12-5-6-14-13-9-18(23)16-10-19(24)17(22)11-21(16,3)15(13)7-8-20(12,14)2/h12-18H,4-11H2,1-3H3/t12-,13-,14-,15-,16?,17?,18?,20+,21+/m0/s1. The number of halogens is 2. The van der Waals surface area contributed by atoms with Crippen LogP contribution < -0.4 is 0 Å². The Kier molecular flexibility index (Phi) is 4.22. The van der Waals surface area contributed by atoms with Crippen LogP contribution in [0.25, 0.3) is 0 Å². The Morgan fingerprint density at radius 2 is 1.83 bits per heavy atom. The third-order valence-electron chi connectivity index (χ3n) is 9.14. The topological polar surface area (TPSA) is 17.1 Å². The number of rotatable bonds is 1. The van der Waals surface area contributed by atoms with Gasteiger partial charge in [0.2, 0.25) is 0 Å². The Hall–Kier alpha value is 0.0800. The number of carbonyl (C=O) groups excluding carboxylic acids is 1. The van der Waals surface area contributed by atoms with Crippen molar-refractivity contribution in [2.24, 2.45) is 40.4 Å². The maximum absolute atomic E-state index is 15.2. The van der Waals surface area contributed by atoms with Gasteiger partial charge in [-0.3, -0.25) is 4.79 Å². The molecule has 0 spiro atoms. The monoisotopic (exact) mass is 398 g/mol. The minimum absolute atomic E-state index is 0.00996. The first kappa shape index (κ1) is 17.5. The minimum atomic E-state index is -0.775. The lowest BCUT2D eigenvalue weighted by Crippen LogP contribution is -2.58. The first-order chi connectivity index (χ1) is 11.3. The van der Waals surface area contributed by atoms with Crippen LogP contribution >= 0.6 is 15.9 Å². The molecule has 0 heterocycles. The molecule has 0 aliphatic heterocycles. The molecule has 4 aliphatic carbocycles. The zero-order chi connectivity index (χ0) is 17.3. The average molecular weight is 399 g/mol. The molecule has 3 heteroatoms. The number of fused-ring (bicyclic) bond motifs is 5. The molecule has 0 saturated heterocycles. The highest BCUT2D eigenvalue weighted by atomic mass is 79.9. The smallest absolute Gasteiger partial charge is 0.146 e. The molecule has 0 radical (unpaired) electrons. The van der Waals surface area contributed by atoms with E-state index in [-0.39, 0.29) is 21.9 Å². The average Bonchev–Trinajstić information content (AvgIpc) is 2.87. The number of ketones is 1. The van der Waals surface area contributed by atoms with E-state index in [0.29, 0.717) is 29.6 Å². The summed E-state index contributed by atoms with van der Waals surface area (Å²) in [7, 11) is 0. The number of Topliss-reactive ketones (excluding diaryl/α,β-unsaturated/α-hetero) is 1. The zero-order valence-corrected chi connectivity index (χ0v) is 16.9. The van der Waals surface area contributed by atoms with E-state index < -0.39 is 6.17 Å². The zero-order valence-electron chi connectivity index (χ0n) is 15.4. The summed E-state index contributed by atoms with van der Waals surface area (Å²) in [5, 5.41) is 0. The number of hydrogen-bond donors (Lipinski definition) is 0. The SMILES string of the molecule is CC[C@H]1CC[C@H]2[C@@H]3CC(F)C4CC(=O)C(Br)C[C@]4(C)[C@H]3CC[C@]12C. The van der Waals surface area contributed by atoms with E-state index in [1.807, 2.05) is 0 Å². The van der Waals surface area contributed by atoms with Crippen molar-refractivity contribution in [1.82, 2.24) is 0 Å². The van der Waals surface area contributed by atoms with Crippen molar-refractivity contribution in [3.63, 3.8) is 0 Å². The Morgan fingerprint density at radius 1 is 1.12 bits per heavy atom. The normalized spacial score (nSPS) is 57.2. The van der Waals surface area contributed by atoms with Gasteiger partial charge in [0, 0.05) is 12.3 Å². The molecule has 0 amide bonds. The van der Waals surface area contributed by atoms with E-state index in [2.05, 4.69) is 36.7 Å². The first-order valence-electron chi connectivity index (χ1n) is 10.1. The second-order valence-electron chi connectivity index (χ2n) is 9.81. The highest BCUT2D eigenvalue weighted by molar-refractivity contribution is 9.10. The number of carbonyl (C=O) groups is 1. The third kappa shape index (κ3) is 2.25. The molecule has 4 rings (SSSR count). The summed E-state index contributed by atoms with van der Waals surface area (Å²) in [6.45, 7) is 7.16. The molecule has 9 atom stereocenters. The van der Waals surface area contributed by atoms with Crippen LogP contribution in [0.5, 0.6) is 0 Å². The molecule has 4 fully saturated rings. The number of hydrogen-bond acceptors (Lipinski definition) is 1. The van der Waals surface area contributed by atoms with E-state index in [1.54, 1.807) is 0 Å². The van der Waals surface area contributed by atoms with Crippen molar-refractivity contribution < 1.29 is 9.18 Å². The summed E-state index contributed by atoms with van der Waals surface area (Å²) in [5.41, 5.74) is 0.452. The molecular formula is C21H32BrFO. The summed E-state index contributed by atoms with van der Waals surface area (Å²) >= 11 is 3.60. The van der Waals surface area contributed by atoms with Gasteiger partial charge in [0.05, 0.1) is 4.83 Å². The second-order valence-corrected chi connectivity index (χ2v) is 10.9. The van der Waals surface area contributed by atoms with Crippen LogP contribution in [0, 0.1) is 40.4 Å². The van der Waals surface area contributed by atoms with Crippen molar-refractivity contribution in [2.45, 2.75) is 83.1 Å². The van der Waals surface area contributed by atoms with Crippen LogP contribution in [-0.2, 0) is 4.79 Å². The highest BCUT2D eigenvalue weighted by Gasteiger charge is 2.62. The van der Waals surface area contributed by atoms with Crippen molar-refractivity contribution >= 4 is 21.7 Å². The van der Waals surface area contributed by atoms with Crippen LogP contribution in [0.3, 0.4) is 0 Å². The molecule has 4 saturated carbocycles. The lowest BCUT2D eigenvalue weighted by Gasteiger charge is -2.61. The maximum Gasteiger partial charge on any atom is 0.146 e. The predicted octanol–water partition coefficient (Wildman–Crippen LogP) is 5.95. The first-order valence-corrected chi connectivity index (χ1v) is 11.0. The third-order valence-corrected chi connectivity index (χ3v) is 9.98. The molecule has 136 valence electrons. The number of alkyl halides is 2. The summed E-state index contributed by atoms with van der Waals surface area (Å²) in [5.74, 6) is 2.91. The minimum Gasteiger partial charge on any atom is -0.298 e. The lowest BCUT2D eigenvalue weighted by molar-refractivity contribution is -0.152. The van der Waals surface area contributed by atoms with Crippen LogP contribution in [0.4, 0.5) is 4.39 Å². The molecular weight excluding hydrogens is 367 g/mol. The molecule has 4 aliphatic rings. The van der Waals surface area contributed by atoms with E-state index >= 15 is 4.39 Å². The van der Waals surface area contributed by atoms with Gasteiger partial charge in [0.25, 0.3) is 0 Å². The van der Waals surface area contributed by atoms with Gasteiger partial charge in [-0.05, 0) is 73.0 Å². The van der Waals surface area contributed by atoms with Crippen LogP contribution in [0.2, 0.25) is 0 Å². The van der Waals surface area contributed by atoms with Crippen LogP contribution in [0.15, 0.2) is 0 Å². The summed E-state index contributed by atoms with van der Waals surface area (Å²) in [6, 6.07) is 0. The van der Waals surface area contributed by atoms with Gasteiger partial charge in [-0.1, -0.05) is 43.1 Å². The van der Waals surface area contributed by atoms with Gasteiger partial charge in [-0.15, -0.1) is 0 Å². The van der Waals surface area contributed by atoms with E-state index in [0.717, 1.165) is 18.8 Å². The van der Waals surface area contributed by atoms with Gasteiger partial charge in [0.15, 0.2) is 0 Å². The molecule has 0 N–H and O–H groups in total. The molecule has 24 heavy (non-hydrogen) atoms. The summed E-state index contributed by atoms with van der Waals surface area (Å²) in [6.07, 6.45) is 7.75. The van der Waals surface area contributed by atoms with Gasteiger partial charge >= 0.3 is 0 Å². The second kappa shape index (κ2) is 5.79. The molecule has 0 bridgehead atoms. The van der Waals surface area contributed by atoms with Gasteiger partial charge in [0.1, 0.15) is 12.0 Å². The fourth-order valence-corrected chi connectivity index (χ4v) is 8.72. The molecule has 0 aromatic heterocycles. The highest BCUT2D eigenvalue weighted by Crippen LogP contribution is 2.68. The maximum atomic E-state index is 15.2. The van der Waals surface area contributed by atoms with E-state index in [4.69, 9.17) is 0 Å². The quantitative estimate of drug-likeness (QED) is 0.498.